The summed E-state index contributed by atoms with van der Waals surface area (Å²) in [6, 6.07) is 8.37. The summed E-state index contributed by atoms with van der Waals surface area (Å²) in [5, 5.41) is 6.17. The lowest BCUT2D eigenvalue weighted by molar-refractivity contribution is -0.116. The molecule has 106 valence electrons. The fraction of sp³-hybridized carbons (Fsp3) is 0.562. The molecule has 0 spiro atoms. The summed E-state index contributed by atoms with van der Waals surface area (Å²) in [6.07, 6.45) is 1.63. The predicted octanol–water partition coefficient (Wildman–Crippen LogP) is 3.53. The van der Waals surface area contributed by atoms with Gasteiger partial charge in [-0.3, -0.25) is 4.79 Å². The topological polar surface area (TPSA) is 41.1 Å². The molecule has 1 rings (SSSR count). The minimum absolute atomic E-state index is 0.0599. The molecule has 19 heavy (non-hydrogen) atoms. The number of anilines is 1. The second kappa shape index (κ2) is 7.95. The third-order valence-corrected chi connectivity index (χ3v) is 3.42. The first-order valence-corrected chi connectivity index (χ1v) is 7.20. The number of benzene rings is 1. The van der Waals surface area contributed by atoms with Crippen molar-refractivity contribution in [3.05, 3.63) is 29.8 Å². The molecular formula is C16H26N2O. The Hall–Kier alpha value is -1.35. The normalized spacial score (nSPS) is 13.9. The van der Waals surface area contributed by atoms with Crippen molar-refractivity contribution < 1.29 is 4.79 Å². The molecule has 0 saturated heterocycles. The molecule has 0 aliphatic carbocycles. The number of carbonyl (C=O) groups excluding carboxylic acids is 1. The first-order chi connectivity index (χ1) is 9.06. The lowest BCUT2D eigenvalue weighted by atomic mass is 9.98. The molecule has 3 heteroatoms. The van der Waals surface area contributed by atoms with Gasteiger partial charge in [0.15, 0.2) is 0 Å². The van der Waals surface area contributed by atoms with E-state index in [1.54, 1.807) is 0 Å². The molecular weight excluding hydrogens is 236 g/mol. The van der Waals surface area contributed by atoms with Crippen molar-refractivity contribution in [2.75, 3.05) is 11.9 Å². The van der Waals surface area contributed by atoms with Gasteiger partial charge in [-0.15, -0.1) is 0 Å². The van der Waals surface area contributed by atoms with Crippen LogP contribution in [0.15, 0.2) is 24.3 Å². The van der Waals surface area contributed by atoms with Gasteiger partial charge in [0.25, 0.3) is 0 Å². The van der Waals surface area contributed by atoms with Gasteiger partial charge in [-0.05, 0) is 43.5 Å². The van der Waals surface area contributed by atoms with Gasteiger partial charge in [0.05, 0.1) is 0 Å². The Bertz CT molecular complexity index is 386. The van der Waals surface area contributed by atoms with Crippen LogP contribution in [0.2, 0.25) is 0 Å². The van der Waals surface area contributed by atoms with Crippen LogP contribution < -0.4 is 10.6 Å². The van der Waals surface area contributed by atoms with Crippen molar-refractivity contribution in [2.24, 2.45) is 0 Å². The number of nitrogens with one attached hydrogen (secondary N) is 2. The Labute approximate surface area is 116 Å². The summed E-state index contributed by atoms with van der Waals surface area (Å²) in [5.74, 6) is 0.628. The zero-order valence-corrected chi connectivity index (χ0v) is 12.5. The minimum atomic E-state index is 0.0599. The average molecular weight is 262 g/mol. The molecule has 1 aromatic rings. The van der Waals surface area contributed by atoms with E-state index in [9.17, 15) is 4.79 Å². The zero-order chi connectivity index (χ0) is 14.3. The molecule has 0 heterocycles. The van der Waals surface area contributed by atoms with Crippen LogP contribution in [0.25, 0.3) is 0 Å². The van der Waals surface area contributed by atoms with Crippen LogP contribution in [-0.2, 0) is 4.79 Å². The second-order valence-electron chi connectivity index (χ2n) is 5.14. The number of carbonyl (C=O) groups is 1. The first-order valence-electron chi connectivity index (χ1n) is 7.20. The molecule has 0 aliphatic heterocycles. The molecule has 1 aromatic carbocycles. The van der Waals surface area contributed by atoms with Crippen molar-refractivity contribution in [1.82, 2.24) is 5.32 Å². The minimum Gasteiger partial charge on any atom is -0.326 e. The largest absolute Gasteiger partial charge is 0.326 e. The predicted molar refractivity (Wildman–Crippen MR) is 81.5 cm³/mol. The van der Waals surface area contributed by atoms with Crippen LogP contribution in [0.4, 0.5) is 5.69 Å². The fourth-order valence-corrected chi connectivity index (χ4v) is 2.04. The van der Waals surface area contributed by atoms with Gasteiger partial charge in [0, 0.05) is 18.2 Å². The molecule has 1 amide bonds. The molecule has 0 fully saturated rings. The van der Waals surface area contributed by atoms with Gasteiger partial charge < -0.3 is 10.6 Å². The summed E-state index contributed by atoms with van der Waals surface area (Å²) >= 11 is 0. The standard InChI is InChI=1S/C16H26N2O/c1-5-12(3)14-7-9-15(10-8-14)18-16(19)11-13(4)17-6-2/h7-10,12-13,17H,5-6,11H2,1-4H3,(H,18,19). The van der Waals surface area contributed by atoms with Crippen LogP contribution in [0.3, 0.4) is 0 Å². The summed E-state index contributed by atoms with van der Waals surface area (Å²) in [7, 11) is 0. The molecule has 0 aromatic heterocycles. The number of rotatable bonds is 7. The van der Waals surface area contributed by atoms with E-state index in [1.807, 2.05) is 26.0 Å². The van der Waals surface area contributed by atoms with Gasteiger partial charge in [-0.1, -0.05) is 32.9 Å². The smallest absolute Gasteiger partial charge is 0.225 e. The number of amides is 1. The van der Waals surface area contributed by atoms with Gasteiger partial charge in [0.2, 0.25) is 5.91 Å². The van der Waals surface area contributed by atoms with Crippen molar-refractivity contribution in [2.45, 2.75) is 52.5 Å². The van der Waals surface area contributed by atoms with Crippen LogP contribution in [0, 0.1) is 0 Å². The zero-order valence-electron chi connectivity index (χ0n) is 12.5. The first kappa shape index (κ1) is 15.7. The van der Waals surface area contributed by atoms with E-state index in [1.165, 1.54) is 5.56 Å². The van der Waals surface area contributed by atoms with E-state index in [0.29, 0.717) is 12.3 Å². The Morgan fingerprint density at radius 3 is 2.32 bits per heavy atom. The molecule has 0 aliphatic rings. The van der Waals surface area contributed by atoms with Crippen molar-refractivity contribution in [1.29, 1.82) is 0 Å². The highest BCUT2D eigenvalue weighted by atomic mass is 16.1. The Morgan fingerprint density at radius 1 is 1.16 bits per heavy atom. The number of hydrogen-bond donors (Lipinski definition) is 2. The highest BCUT2D eigenvalue weighted by Crippen LogP contribution is 2.20. The molecule has 2 N–H and O–H groups in total. The van der Waals surface area contributed by atoms with Crippen LogP contribution in [0.1, 0.15) is 52.0 Å². The van der Waals surface area contributed by atoms with Gasteiger partial charge >= 0.3 is 0 Å². The van der Waals surface area contributed by atoms with Gasteiger partial charge in [-0.25, -0.2) is 0 Å². The Balaban J connectivity index is 2.51. The fourth-order valence-electron chi connectivity index (χ4n) is 2.04. The average Bonchev–Trinajstić information content (AvgIpc) is 2.38. The van der Waals surface area contributed by atoms with E-state index in [2.05, 4.69) is 36.6 Å². The maximum Gasteiger partial charge on any atom is 0.225 e. The Morgan fingerprint density at radius 2 is 1.79 bits per heavy atom. The highest BCUT2D eigenvalue weighted by Gasteiger charge is 2.08. The summed E-state index contributed by atoms with van der Waals surface area (Å²) < 4.78 is 0. The van der Waals surface area contributed by atoms with E-state index in [-0.39, 0.29) is 11.9 Å². The molecule has 2 unspecified atom stereocenters. The SMILES string of the molecule is CCNC(C)CC(=O)Nc1ccc(C(C)CC)cc1. The molecule has 0 saturated carbocycles. The van der Waals surface area contributed by atoms with Crippen LogP contribution in [0.5, 0.6) is 0 Å². The third kappa shape index (κ3) is 5.43. The monoisotopic (exact) mass is 262 g/mol. The maximum atomic E-state index is 11.8. The lowest BCUT2D eigenvalue weighted by Crippen LogP contribution is -2.30. The van der Waals surface area contributed by atoms with E-state index in [4.69, 9.17) is 0 Å². The van der Waals surface area contributed by atoms with Gasteiger partial charge in [-0.2, -0.15) is 0 Å². The second-order valence-corrected chi connectivity index (χ2v) is 5.14. The van der Waals surface area contributed by atoms with E-state index in [0.717, 1.165) is 18.7 Å². The number of hydrogen-bond acceptors (Lipinski definition) is 2. The van der Waals surface area contributed by atoms with Crippen LogP contribution >= 0.6 is 0 Å². The summed E-state index contributed by atoms with van der Waals surface area (Å²) in [6.45, 7) is 9.35. The van der Waals surface area contributed by atoms with E-state index < -0.39 is 0 Å². The highest BCUT2D eigenvalue weighted by molar-refractivity contribution is 5.91. The summed E-state index contributed by atoms with van der Waals surface area (Å²) in [4.78, 5) is 11.8. The van der Waals surface area contributed by atoms with E-state index >= 15 is 0 Å². The third-order valence-electron chi connectivity index (χ3n) is 3.42. The van der Waals surface area contributed by atoms with Crippen LogP contribution in [-0.4, -0.2) is 18.5 Å². The lowest BCUT2D eigenvalue weighted by Gasteiger charge is -2.13. The van der Waals surface area contributed by atoms with Crippen molar-refractivity contribution >= 4 is 11.6 Å². The summed E-state index contributed by atoms with van der Waals surface area (Å²) in [5.41, 5.74) is 2.20. The quantitative estimate of drug-likeness (QED) is 0.789. The molecule has 2 atom stereocenters. The van der Waals surface area contributed by atoms with Crippen molar-refractivity contribution in [3.63, 3.8) is 0 Å². The maximum absolute atomic E-state index is 11.8. The molecule has 0 bridgehead atoms. The molecule has 3 nitrogen and oxygen atoms in total. The van der Waals surface area contributed by atoms with Crippen molar-refractivity contribution in [3.8, 4) is 0 Å². The Kier molecular flexibility index (Phi) is 6.57. The molecule has 0 radical (unpaired) electrons. The van der Waals surface area contributed by atoms with Gasteiger partial charge in [0.1, 0.15) is 0 Å².